The SMILES string of the molecule is CCNC(C)c1nc(C2CCCC(CC)C2)no1. The van der Waals surface area contributed by atoms with Crippen LogP contribution in [0.2, 0.25) is 0 Å². The van der Waals surface area contributed by atoms with Gasteiger partial charge >= 0.3 is 0 Å². The first-order valence-electron chi connectivity index (χ1n) is 7.31. The van der Waals surface area contributed by atoms with Crippen LogP contribution in [0.3, 0.4) is 0 Å². The van der Waals surface area contributed by atoms with Gasteiger partial charge in [0.2, 0.25) is 5.89 Å². The van der Waals surface area contributed by atoms with E-state index in [0.29, 0.717) is 5.92 Å². The summed E-state index contributed by atoms with van der Waals surface area (Å²) in [6.45, 7) is 7.35. The first-order chi connectivity index (χ1) is 8.74. The second kappa shape index (κ2) is 6.32. The van der Waals surface area contributed by atoms with Gasteiger partial charge in [0.15, 0.2) is 5.82 Å². The van der Waals surface area contributed by atoms with Crippen molar-refractivity contribution < 1.29 is 4.52 Å². The molecule has 1 aliphatic carbocycles. The molecule has 2 rings (SSSR count). The van der Waals surface area contributed by atoms with E-state index in [4.69, 9.17) is 4.52 Å². The van der Waals surface area contributed by atoms with Gasteiger partial charge in [-0.3, -0.25) is 0 Å². The molecule has 0 aliphatic heterocycles. The molecule has 1 fully saturated rings. The molecule has 0 bridgehead atoms. The lowest BCUT2D eigenvalue weighted by atomic mass is 9.80. The van der Waals surface area contributed by atoms with Gasteiger partial charge in [-0.15, -0.1) is 0 Å². The third-order valence-electron chi connectivity index (χ3n) is 4.06. The fraction of sp³-hybridized carbons (Fsp3) is 0.857. The van der Waals surface area contributed by atoms with Gasteiger partial charge in [0, 0.05) is 5.92 Å². The first kappa shape index (κ1) is 13.5. The Balaban J connectivity index is 2.00. The average molecular weight is 251 g/mol. The summed E-state index contributed by atoms with van der Waals surface area (Å²) in [5.74, 6) is 3.00. The molecule has 18 heavy (non-hydrogen) atoms. The van der Waals surface area contributed by atoms with Gasteiger partial charge in [-0.2, -0.15) is 4.98 Å². The quantitative estimate of drug-likeness (QED) is 0.871. The highest BCUT2D eigenvalue weighted by Crippen LogP contribution is 2.36. The van der Waals surface area contributed by atoms with Gasteiger partial charge in [0.05, 0.1) is 6.04 Å². The smallest absolute Gasteiger partial charge is 0.243 e. The predicted octanol–water partition coefficient (Wildman–Crippen LogP) is 3.42. The zero-order chi connectivity index (χ0) is 13.0. The van der Waals surface area contributed by atoms with Gasteiger partial charge in [0.1, 0.15) is 0 Å². The van der Waals surface area contributed by atoms with Crippen molar-refractivity contribution in [1.29, 1.82) is 0 Å². The molecular formula is C14H25N3O. The Hall–Kier alpha value is -0.900. The zero-order valence-electron chi connectivity index (χ0n) is 11.8. The molecule has 0 amide bonds. The molecule has 1 aliphatic rings. The van der Waals surface area contributed by atoms with E-state index < -0.39 is 0 Å². The summed E-state index contributed by atoms with van der Waals surface area (Å²) in [6, 6.07) is 0.154. The molecule has 1 aromatic heterocycles. The van der Waals surface area contributed by atoms with E-state index in [1.807, 2.05) is 0 Å². The van der Waals surface area contributed by atoms with Crippen molar-refractivity contribution in [2.24, 2.45) is 5.92 Å². The van der Waals surface area contributed by atoms with Crippen LogP contribution >= 0.6 is 0 Å². The molecule has 0 radical (unpaired) electrons. The second-order valence-electron chi connectivity index (χ2n) is 5.41. The number of nitrogens with one attached hydrogen (secondary N) is 1. The van der Waals surface area contributed by atoms with Crippen LogP contribution in [0.25, 0.3) is 0 Å². The van der Waals surface area contributed by atoms with E-state index in [2.05, 4.69) is 36.2 Å². The maximum Gasteiger partial charge on any atom is 0.243 e. The Bertz CT molecular complexity index is 364. The molecule has 1 saturated carbocycles. The molecule has 3 atom stereocenters. The number of rotatable bonds is 5. The number of aromatic nitrogens is 2. The molecule has 1 N–H and O–H groups in total. The van der Waals surface area contributed by atoms with Crippen molar-refractivity contribution in [3.63, 3.8) is 0 Å². The lowest BCUT2D eigenvalue weighted by molar-refractivity contribution is 0.295. The van der Waals surface area contributed by atoms with E-state index in [1.165, 1.54) is 32.1 Å². The maximum atomic E-state index is 5.38. The Kier molecular flexibility index (Phi) is 4.75. The van der Waals surface area contributed by atoms with Crippen molar-refractivity contribution in [2.75, 3.05) is 6.54 Å². The molecule has 3 unspecified atom stereocenters. The van der Waals surface area contributed by atoms with E-state index in [1.54, 1.807) is 0 Å². The molecule has 0 saturated heterocycles. The van der Waals surface area contributed by atoms with E-state index in [9.17, 15) is 0 Å². The molecule has 1 heterocycles. The molecule has 0 spiro atoms. The van der Waals surface area contributed by atoms with Crippen molar-refractivity contribution in [2.45, 2.75) is 64.8 Å². The van der Waals surface area contributed by atoms with Gasteiger partial charge in [-0.1, -0.05) is 38.3 Å². The summed E-state index contributed by atoms with van der Waals surface area (Å²) in [5.41, 5.74) is 0. The van der Waals surface area contributed by atoms with Gasteiger partial charge in [-0.05, 0) is 32.2 Å². The van der Waals surface area contributed by atoms with Crippen molar-refractivity contribution >= 4 is 0 Å². The van der Waals surface area contributed by atoms with Crippen LogP contribution in [0, 0.1) is 5.92 Å². The number of nitrogens with zero attached hydrogens (tertiary/aromatic N) is 2. The van der Waals surface area contributed by atoms with Crippen LogP contribution in [0.5, 0.6) is 0 Å². The summed E-state index contributed by atoms with van der Waals surface area (Å²) in [7, 11) is 0. The van der Waals surface area contributed by atoms with Crippen molar-refractivity contribution in [1.82, 2.24) is 15.5 Å². The van der Waals surface area contributed by atoms with Crippen LogP contribution in [-0.2, 0) is 0 Å². The Labute approximate surface area is 110 Å². The van der Waals surface area contributed by atoms with E-state index in [-0.39, 0.29) is 6.04 Å². The molecule has 4 nitrogen and oxygen atoms in total. The van der Waals surface area contributed by atoms with Crippen LogP contribution in [-0.4, -0.2) is 16.7 Å². The van der Waals surface area contributed by atoms with E-state index >= 15 is 0 Å². The van der Waals surface area contributed by atoms with Crippen LogP contribution in [0.1, 0.15) is 76.6 Å². The molecule has 102 valence electrons. The molecule has 0 aromatic carbocycles. The second-order valence-corrected chi connectivity index (χ2v) is 5.41. The summed E-state index contributed by atoms with van der Waals surface area (Å²) < 4.78 is 5.38. The minimum absolute atomic E-state index is 0.154. The fourth-order valence-electron chi connectivity index (χ4n) is 2.88. The van der Waals surface area contributed by atoms with Gasteiger partial charge in [-0.25, -0.2) is 0 Å². The highest BCUT2D eigenvalue weighted by atomic mass is 16.5. The topological polar surface area (TPSA) is 51.0 Å². The van der Waals surface area contributed by atoms with Crippen LogP contribution in [0.4, 0.5) is 0 Å². The third kappa shape index (κ3) is 3.10. The summed E-state index contributed by atoms with van der Waals surface area (Å²) in [5, 5.41) is 7.49. The normalized spacial score (nSPS) is 26.2. The molecular weight excluding hydrogens is 226 g/mol. The fourth-order valence-corrected chi connectivity index (χ4v) is 2.88. The Morgan fingerprint density at radius 2 is 2.22 bits per heavy atom. The third-order valence-corrected chi connectivity index (χ3v) is 4.06. The minimum Gasteiger partial charge on any atom is -0.338 e. The number of hydrogen-bond acceptors (Lipinski definition) is 4. The van der Waals surface area contributed by atoms with Crippen LogP contribution < -0.4 is 5.32 Å². The number of hydrogen-bond donors (Lipinski definition) is 1. The first-order valence-corrected chi connectivity index (χ1v) is 7.31. The maximum absolute atomic E-state index is 5.38. The van der Waals surface area contributed by atoms with Crippen LogP contribution in [0.15, 0.2) is 4.52 Å². The monoisotopic (exact) mass is 251 g/mol. The minimum atomic E-state index is 0.154. The predicted molar refractivity (Wildman–Crippen MR) is 71.4 cm³/mol. The largest absolute Gasteiger partial charge is 0.338 e. The summed E-state index contributed by atoms with van der Waals surface area (Å²) in [4.78, 5) is 4.58. The summed E-state index contributed by atoms with van der Waals surface area (Å²) >= 11 is 0. The summed E-state index contributed by atoms with van der Waals surface area (Å²) in [6.07, 6.45) is 6.38. The lowest BCUT2D eigenvalue weighted by Gasteiger charge is -2.26. The molecule has 1 aromatic rings. The highest BCUT2D eigenvalue weighted by molar-refractivity contribution is 5.00. The molecule has 4 heteroatoms. The van der Waals surface area contributed by atoms with Gasteiger partial charge < -0.3 is 9.84 Å². The standard InChI is InChI=1S/C14H25N3O/c1-4-11-7-6-8-12(9-11)13-16-14(18-17-13)10(3)15-5-2/h10-12,15H,4-9H2,1-3H3. The Morgan fingerprint density at radius 1 is 1.39 bits per heavy atom. The highest BCUT2D eigenvalue weighted by Gasteiger charge is 2.26. The Morgan fingerprint density at radius 3 is 2.94 bits per heavy atom. The van der Waals surface area contributed by atoms with Crippen molar-refractivity contribution in [3.05, 3.63) is 11.7 Å². The van der Waals surface area contributed by atoms with Crippen molar-refractivity contribution in [3.8, 4) is 0 Å². The van der Waals surface area contributed by atoms with E-state index in [0.717, 1.165) is 24.2 Å². The lowest BCUT2D eigenvalue weighted by Crippen LogP contribution is -2.18. The average Bonchev–Trinajstić information content (AvgIpc) is 2.89. The van der Waals surface area contributed by atoms with Gasteiger partial charge in [0.25, 0.3) is 0 Å². The zero-order valence-corrected chi connectivity index (χ0v) is 11.8.